The average Bonchev–Trinajstić information content (AvgIpc) is 3.07. The zero-order valence-electron chi connectivity index (χ0n) is 14.6. The van der Waals surface area contributed by atoms with E-state index in [0.717, 1.165) is 34.1 Å². The Hall–Kier alpha value is -2.27. The van der Waals surface area contributed by atoms with Crippen LogP contribution in [0.3, 0.4) is 0 Å². The number of Topliss-reactive ketones (excluding diaryl/α,β-unsaturated/α-hetero) is 1. The molecular weight excluding hydrogens is 348 g/mol. The number of ether oxygens (including phenoxy) is 2. The molecule has 0 radical (unpaired) electrons. The van der Waals surface area contributed by atoms with E-state index in [-0.39, 0.29) is 5.78 Å². The molecule has 2 aliphatic heterocycles. The Labute approximate surface area is 156 Å². The summed E-state index contributed by atoms with van der Waals surface area (Å²) in [6, 6.07) is 12.3. The monoisotopic (exact) mass is 368 g/mol. The summed E-state index contributed by atoms with van der Waals surface area (Å²) in [7, 11) is 1.35. The van der Waals surface area contributed by atoms with Gasteiger partial charge in [-0.2, -0.15) is 11.8 Å². The minimum Gasteiger partial charge on any atom is -0.492 e. The molecular formula is C21H20O4S. The Morgan fingerprint density at radius 1 is 1.31 bits per heavy atom. The molecule has 134 valence electrons. The number of thioether (sulfide) groups is 1. The van der Waals surface area contributed by atoms with Crippen molar-refractivity contribution in [2.45, 2.75) is 12.8 Å². The third kappa shape index (κ3) is 2.71. The topological polar surface area (TPSA) is 52.6 Å². The van der Waals surface area contributed by atoms with Crippen molar-refractivity contribution in [2.75, 3.05) is 25.2 Å². The van der Waals surface area contributed by atoms with Gasteiger partial charge in [0.1, 0.15) is 11.2 Å². The highest BCUT2D eigenvalue weighted by Crippen LogP contribution is 2.42. The number of rotatable bonds is 3. The Bertz CT molecular complexity index is 917. The molecule has 5 heteroatoms. The molecule has 2 heterocycles. The second kappa shape index (κ2) is 6.80. The summed E-state index contributed by atoms with van der Waals surface area (Å²) in [5.41, 5.74) is 1.14. The molecule has 0 amide bonds. The lowest BCUT2D eigenvalue weighted by molar-refractivity contribution is -0.155. The Morgan fingerprint density at radius 3 is 2.92 bits per heavy atom. The van der Waals surface area contributed by atoms with Gasteiger partial charge in [-0.1, -0.05) is 42.5 Å². The summed E-state index contributed by atoms with van der Waals surface area (Å²) >= 11 is 1.50. The van der Waals surface area contributed by atoms with E-state index in [9.17, 15) is 9.59 Å². The fourth-order valence-corrected chi connectivity index (χ4v) is 5.03. The first-order valence-electron chi connectivity index (χ1n) is 8.69. The third-order valence-corrected chi connectivity index (χ3v) is 6.40. The Morgan fingerprint density at radius 2 is 2.15 bits per heavy atom. The summed E-state index contributed by atoms with van der Waals surface area (Å²) in [6.07, 6.45) is 3.19. The van der Waals surface area contributed by atoms with Crippen LogP contribution in [-0.4, -0.2) is 37.0 Å². The van der Waals surface area contributed by atoms with Crippen molar-refractivity contribution in [1.29, 1.82) is 0 Å². The van der Waals surface area contributed by atoms with Crippen LogP contribution in [0.25, 0.3) is 16.3 Å². The maximum Gasteiger partial charge on any atom is 0.320 e. The molecule has 26 heavy (non-hydrogen) atoms. The molecule has 4 rings (SSSR count). The molecule has 0 bridgehead atoms. The highest BCUT2D eigenvalue weighted by molar-refractivity contribution is 8.00. The van der Waals surface area contributed by atoms with E-state index >= 15 is 0 Å². The highest BCUT2D eigenvalue weighted by Gasteiger charge is 2.49. The summed E-state index contributed by atoms with van der Waals surface area (Å²) in [6.45, 7) is 0.598. The minimum atomic E-state index is -1.04. The first-order chi connectivity index (χ1) is 12.7. The molecule has 1 unspecified atom stereocenters. The van der Waals surface area contributed by atoms with Gasteiger partial charge in [0.15, 0.2) is 5.78 Å². The SMILES string of the molecule is COC(=O)C1(C/C=C2\CCOc3c2ccc2ccccc32)CSCC1=O. The second-order valence-corrected chi connectivity index (χ2v) is 7.67. The number of allylic oxidation sites excluding steroid dienone is 1. The van der Waals surface area contributed by atoms with Crippen molar-refractivity contribution in [3.63, 3.8) is 0 Å². The molecule has 0 N–H and O–H groups in total. The first kappa shape index (κ1) is 17.2. The predicted octanol–water partition coefficient (Wildman–Crippen LogP) is 3.87. The van der Waals surface area contributed by atoms with Crippen LogP contribution in [0.2, 0.25) is 0 Å². The number of esters is 1. The van der Waals surface area contributed by atoms with Gasteiger partial charge >= 0.3 is 5.97 Å². The maximum absolute atomic E-state index is 12.4. The Balaban J connectivity index is 1.72. The van der Waals surface area contributed by atoms with Gasteiger partial charge in [0.25, 0.3) is 0 Å². The summed E-state index contributed by atoms with van der Waals surface area (Å²) < 4.78 is 10.9. The lowest BCUT2D eigenvalue weighted by atomic mass is 9.81. The van der Waals surface area contributed by atoms with Gasteiger partial charge in [-0.05, 0) is 17.4 Å². The fourth-order valence-electron chi connectivity index (χ4n) is 3.72. The minimum absolute atomic E-state index is 0.0306. The molecule has 4 nitrogen and oxygen atoms in total. The van der Waals surface area contributed by atoms with Crippen LogP contribution in [0.1, 0.15) is 18.4 Å². The molecule has 2 aromatic carbocycles. The predicted molar refractivity (Wildman–Crippen MR) is 103 cm³/mol. The molecule has 2 aromatic rings. The molecule has 1 atom stereocenters. The van der Waals surface area contributed by atoms with Gasteiger partial charge in [0.2, 0.25) is 0 Å². The lowest BCUT2D eigenvalue weighted by Gasteiger charge is -2.25. The van der Waals surface area contributed by atoms with Crippen molar-refractivity contribution in [3.05, 3.63) is 48.0 Å². The van der Waals surface area contributed by atoms with Gasteiger partial charge in [-0.25, -0.2) is 0 Å². The van der Waals surface area contributed by atoms with E-state index in [2.05, 4.69) is 24.3 Å². The van der Waals surface area contributed by atoms with Gasteiger partial charge in [0, 0.05) is 23.1 Å². The number of carbonyl (C=O) groups is 2. The number of carbonyl (C=O) groups excluding carboxylic acids is 2. The highest BCUT2D eigenvalue weighted by atomic mass is 32.2. The van der Waals surface area contributed by atoms with Crippen LogP contribution in [0.15, 0.2) is 42.5 Å². The number of fused-ring (bicyclic) bond motifs is 3. The van der Waals surface area contributed by atoms with E-state index in [1.54, 1.807) is 0 Å². The molecule has 0 aliphatic carbocycles. The summed E-state index contributed by atoms with van der Waals surface area (Å²) in [4.78, 5) is 24.7. The van der Waals surface area contributed by atoms with Crippen molar-refractivity contribution < 1.29 is 19.1 Å². The van der Waals surface area contributed by atoms with Crippen molar-refractivity contribution in [2.24, 2.45) is 5.41 Å². The number of hydrogen-bond donors (Lipinski definition) is 0. The van der Waals surface area contributed by atoms with Crippen LogP contribution in [0.5, 0.6) is 5.75 Å². The van der Waals surface area contributed by atoms with Crippen LogP contribution in [0, 0.1) is 5.41 Å². The molecule has 1 fully saturated rings. The Kier molecular flexibility index (Phi) is 4.49. The second-order valence-electron chi connectivity index (χ2n) is 6.68. The average molecular weight is 368 g/mol. The smallest absolute Gasteiger partial charge is 0.320 e. The summed E-state index contributed by atoms with van der Waals surface area (Å²) in [5, 5.41) is 2.23. The fraction of sp³-hybridized carbons (Fsp3) is 0.333. The number of ketones is 1. The molecule has 1 saturated heterocycles. The van der Waals surface area contributed by atoms with E-state index in [1.165, 1.54) is 18.9 Å². The molecule has 0 aromatic heterocycles. The quantitative estimate of drug-likeness (QED) is 0.608. The van der Waals surface area contributed by atoms with Crippen molar-refractivity contribution >= 4 is 39.9 Å². The van der Waals surface area contributed by atoms with E-state index in [4.69, 9.17) is 9.47 Å². The van der Waals surface area contributed by atoms with Crippen LogP contribution in [-0.2, 0) is 14.3 Å². The maximum atomic E-state index is 12.4. The largest absolute Gasteiger partial charge is 0.492 e. The summed E-state index contributed by atoms with van der Waals surface area (Å²) in [5.74, 6) is 1.30. The number of benzene rings is 2. The van der Waals surface area contributed by atoms with Crippen molar-refractivity contribution in [3.8, 4) is 5.75 Å². The third-order valence-electron chi connectivity index (χ3n) is 5.23. The lowest BCUT2D eigenvalue weighted by Crippen LogP contribution is -2.39. The first-order valence-corrected chi connectivity index (χ1v) is 9.84. The van der Waals surface area contributed by atoms with Crippen LogP contribution < -0.4 is 4.74 Å². The van der Waals surface area contributed by atoms with E-state index < -0.39 is 11.4 Å². The normalized spacial score (nSPS) is 23.7. The zero-order valence-corrected chi connectivity index (χ0v) is 15.4. The van der Waals surface area contributed by atoms with Gasteiger partial charge in [-0.3, -0.25) is 9.59 Å². The van der Waals surface area contributed by atoms with Crippen molar-refractivity contribution in [1.82, 2.24) is 0 Å². The van der Waals surface area contributed by atoms with E-state index in [0.29, 0.717) is 24.5 Å². The van der Waals surface area contributed by atoms with Gasteiger partial charge in [-0.15, -0.1) is 0 Å². The van der Waals surface area contributed by atoms with Crippen LogP contribution >= 0.6 is 11.8 Å². The zero-order chi connectivity index (χ0) is 18.1. The molecule has 0 saturated carbocycles. The molecule has 0 spiro atoms. The van der Waals surface area contributed by atoms with E-state index in [1.807, 2.05) is 18.2 Å². The number of methoxy groups -OCH3 is 1. The van der Waals surface area contributed by atoms with Gasteiger partial charge < -0.3 is 9.47 Å². The van der Waals surface area contributed by atoms with Gasteiger partial charge in [0.05, 0.1) is 19.5 Å². The standard InChI is InChI=1S/C21H20O4S/c1-24-20(23)21(13-26-12-18(21)22)10-8-15-9-11-25-19-16-5-3-2-4-14(16)6-7-17(15)19/h2-8H,9-13H2,1H3/b15-8+. The number of hydrogen-bond acceptors (Lipinski definition) is 5. The van der Waals surface area contributed by atoms with Crippen LogP contribution in [0.4, 0.5) is 0 Å². The molecule has 2 aliphatic rings.